The highest BCUT2D eigenvalue weighted by Crippen LogP contribution is 2.18. The molecule has 0 aliphatic heterocycles. The van der Waals surface area contributed by atoms with Crippen molar-refractivity contribution in [2.24, 2.45) is 5.73 Å². The van der Waals surface area contributed by atoms with Crippen molar-refractivity contribution < 1.29 is 14.6 Å². The lowest BCUT2D eigenvalue weighted by Gasteiger charge is -2.13. The Balaban J connectivity index is 2.80. The fraction of sp³-hybridized carbons (Fsp3) is 0.300. The van der Waals surface area contributed by atoms with Gasteiger partial charge in [-0.25, -0.2) is 4.79 Å². The largest absolute Gasteiger partial charge is 0.479 e. The van der Waals surface area contributed by atoms with Crippen LogP contribution in [0.3, 0.4) is 0 Å². The van der Waals surface area contributed by atoms with Crippen LogP contribution < -0.4 is 10.5 Å². The van der Waals surface area contributed by atoms with Crippen molar-refractivity contribution in [3.05, 3.63) is 29.8 Å². The molecule has 0 saturated heterocycles. The van der Waals surface area contributed by atoms with Gasteiger partial charge in [0.05, 0.1) is 0 Å². The Morgan fingerprint density at radius 1 is 1.57 bits per heavy atom. The lowest BCUT2D eigenvalue weighted by Crippen LogP contribution is -2.23. The number of nitrogens with two attached hydrogens (primary N) is 1. The SMILES string of the molecule is CC(Oc1ccccc1CN)C(=O)O. The number of aliphatic carboxylic acids is 1. The molecule has 1 rings (SSSR count). The van der Waals surface area contributed by atoms with Gasteiger partial charge in [0.2, 0.25) is 0 Å². The first-order chi connectivity index (χ1) is 6.65. The smallest absolute Gasteiger partial charge is 0.344 e. The van der Waals surface area contributed by atoms with Gasteiger partial charge in [0, 0.05) is 12.1 Å². The number of para-hydroxylation sites is 1. The summed E-state index contributed by atoms with van der Waals surface area (Å²) in [6.45, 7) is 1.82. The van der Waals surface area contributed by atoms with Crippen molar-refractivity contribution in [3.63, 3.8) is 0 Å². The Hall–Kier alpha value is -1.55. The van der Waals surface area contributed by atoms with E-state index in [1.165, 1.54) is 6.92 Å². The van der Waals surface area contributed by atoms with Crippen LogP contribution in [0.1, 0.15) is 12.5 Å². The zero-order valence-electron chi connectivity index (χ0n) is 7.93. The Morgan fingerprint density at radius 2 is 2.21 bits per heavy atom. The summed E-state index contributed by atoms with van der Waals surface area (Å²) in [4.78, 5) is 10.5. The van der Waals surface area contributed by atoms with Gasteiger partial charge in [-0.05, 0) is 13.0 Å². The fourth-order valence-electron chi connectivity index (χ4n) is 1.03. The van der Waals surface area contributed by atoms with Gasteiger partial charge in [-0.2, -0.15) is 0 Å². The highest BCUT2D eigenvalue weighted by molar-refractivity contribution is 5.72. The zero-order chi connectivity index (χ0) is 10.6. The van der Waals surface area contributed by atoms with E-state index in [1.54, 1.807) is 12.1 Å². The molecule has 0 aliphatic rings. The number of carbonyl (C=O) groups is 1. The molecule has 1 aromatic carbocycles. The molecular formula is C10H13NO3. The topological polar surface area (TPSA) is 72.5 Å². The predicted octanol–water partition coefficient (Wildman–Crippen LogP) is 0.997. The van der Waals surface area contributed by atoms with Crippen LogP contribution in [-0.2, 0) is 11.3 Å². The van der Waals surface area contributed by atoms with Crippen LogP contribution in [-0.4, -0.2) is 17.2 Å². The lowest BCUT2D eigenvalue weighted by atomic mass is 10.2. The molecule has 4 heteroatoms. The molecule has 76 valence electrons. The maximum Gasteiger partial charge on any atom is 0.344 e. The Morgan fingerprint density at radius 3 is 2.79 bits per heavy atom. The van der Waals surface area contributed by atoms with E-state index in [0.717, 1.165) is 5.56 Å². The molecule has 0 amide bonds. The molecule has 3 N–H and O–H groups in total. The first-order valence-corrected chi connectivity index (χ1v) is 4.32. The highest BCUT2D eigenvalue weighted by atomic mass is 16.5. The normalized spacial score (nSPS) is 12.1. The first kappa shape index (κ1) is 10.5. The summed E-state index contributed by atoms with van der Waals surface area (Å²) in [6.07, 6.45) is -0.859. The van der Waals surface area contributed by atoms with Crippen LogP contribution in [0.15, 0.2) is 24.3 Å². The van der Waals surface area contributed by atoms with Gasteiger partial charge in [-0.3, -0.25) is 0 Å². The first-order valence-electron chi connectivity index (χ1n) is 4.32. The molecule has 1 atom stereocenters. The minimum absolute atomic E-state index is 0.336. The molecule has 0 aliphatic carbocycles. The van der Waals surface area contributed by atoms with Crippen LogP contribution in [0.4, 0.5) is 0 Å². The summed E-state index contributed by atoms with van der Waals surface area (Å²) in [6, 6.07) is 7.13. The van der Waals surface area contributed by atoms with E-state index >= 15 is 0 Å². The zero-order valence-corrected chi connectivity index (χ0v) is 7.93. The average Bonchev–Trinajstić information content (AvgIpc) is 2.18. The summed E-state index contributed by atoms with van der Waals surface area (Å²) in [7, 11) is 0. The average molecular weight is 195 g/mol. The van der Waals surface area contributed by atoms with Crippen molar-refractivity contribution >= 4 is 5.97 Å². The van der Waals surface area contributed by atoms with Crippen molar-refractivity contribution in [2.45, 2.75) is 19.6 Å². The van der Waals surface area contributed by atoms with Crippen LogP contribution in [0, 0.1) is 0 Å². The standard InChI is InChI=1S/C10H13NO3/c1-7(10(12)13)14-9-5-3-2-4-8(9)6-11/h2-5,7H,6,11H2,1H3,(H,12,13). The third-order valence-corrected chi connectivity index (χ3v) is 1.84. The summed E-state index contributed by atoms with van der Waals surface area (Å²) in [5.41, 5.74) is 6.28. The van der Waals surface area contributed by atoms with Crippen molar-refractivity contribution in [2.75, 3.05) is 0 Å². The van der Waals surface area contributed by atoms with Crippen molar-refractivity contribution in [1.29, 1.82) is 0 Å². The summed E-state index contributed by atoms with van der Waals surface area (Å²) in [5, 5.41) is 8.65. The molecule has 0 fully saturated rings. The molecule has 0 radical (unpaired) electrons. The van der Waals surface area contributed by atoms with E-state index in [9.17, 15) is 4.79 Å². The summed E-state index contributed by atoms with van der Waals surface area (Å²) in [5.74, 6) is -0.457. The second-order valence-corrected chi connectivity index (χ2v) is 2.91. The highest BCUT2D eigenvalue weighted by Gasteiger charge is 2.13. The van der Waals surface area contributed by atoms with Gasteiger partial charge in [-0.1, -0.05) is 18.2 Å². The molecule has 0 aromatic heterocycles. The van der Waals surface area contributed by atoms with E-state index in [-0.39, 0.29) is 0 Å². The van der Waals surface area contributed by atoms with Gasteiger partial charge < -0.3 is 15.6 Å². The van der Waals surface area contributed by atoms with E-state index in [2.05, 4.69) is 0 Å². The quantitative estimate of drug-likeness (QED) is 0.751. The molecule has 0 heterocycles. The number of carboxylic acid groups (broad SMARTS) is 1. The van der Waals surface area contributed by atoms with Crippen LogP contribution in [0.2, 0.25) is 0 Å². The second kappa shape index (κ2) is 4.62. The summed E-state index contributed by atoms with van der Waals surface area (Å²) >= 11 is 0. The predicted molar refractivity (Wildman–Crippen MR) is 52.1 cm³/mol. The monoisotopic (exact) mass is 195 g/mol. The van der Waals surface area contributed by atoms with Crippen LogP contribution in [0.25, 0.3) is 0 Å². The van der Waals surface area contributed by atoms with E-state index < -0.39 is 12.1 Å². The number of rotatable bonds is 4. The molecule has 4 nitrogen and oxygen atoms in total. The van der Waals surface area contributed by atoms with Gasteiger partial charge in [0.15, 0.2) is 6.10 Å². The Kier molecular flexibility index (Phi) is 3.48. The van der Waals surface area contributed by atoms with E-state index in [1.807, 2.05) is 12.1 Å². The fourth-order valence-corrected chi connectivity index (χ4v) is 1.03. The number of carboxylic acids is 1. The number of ether oxygens (including phenoxy) is 1. The summed E-state index contributed by atoms with van der Waals surface area (Å²) < 4.78 is 5.22. The number of hydrogen-bond donors (Lipinski definition) is 2. The van der Waals surface area contributed by atoms with Gasteiger partial charge >= 0.3 is 5.97 Å². The molecule has 1 unspecified atom stereocenters. The van der Waals surface area contributed by atoms with E-state index in [0.29, 0.717) is 12.3 Å². The molecular weight excluding hydrogens is 182 g/mol. The maximum atomic E-state index is 10.5. The molecule has 0 saturated carbocycles. The van der Waals surface area contributed by atoms with Crippen molar-refractivity contribution in [1.82, 2.24) is 0 Å². The second-order valence-electron chi connectivity index (χ2n) is 2.91. The minimum atomic E-state index is -0.989. The molecule has 1 aromatic rings. The van der Waals surface area contributed by atoms with Gasteiger partial charge in [-0.15, -0.1) is 0 Å². The third-order valence-electron chi connectivity index (χ3n) is 1.84. The third kappa shape index (κ3) is 2.47. The van der Waals surface area contributed by atoms with Gasteiger partial charge in [0.25, 0.3) is 0 Å². The van der Waals surface area contributed by atoms with Crippen LogP contribution in [0.5, 0.6) is 5.75 Å². The maximum absolute atomic E-state index is 10.5. The minimum Gasteiger partial charge on any atom is -0.479 e. The number of hydrogen-bond acceptors (Lipinski definition) is 3. The van der Waals surface area contributed by atoms with E-state index in [4.69, 9.17) is 15.6 Å². The Bertz CT molecular complexity index is 325. The molecule has 0 spiro atoms. The van der Waals surface area contributed by atoms with Gasteiger partial charge in [0.1, 0.15) is 5.75 Å². The lowest BCUT2D eigenvalue weighted by molar-refractivity contribution is -0.144. The van der Waals surface area contributed by atoms with Crippen molar-refractivity contribution in [3.8, 4) is 5.75 Å². The molecule has 14 heavy (non-hydrogen) atoms. The van der Waals surface area contributed by atoms with Crippen LogP contribution >= 0.6 is 0 Å². The Labute approximate surface area is 82.3 Å². The molecule has 0 bridgehead atoms. The number of benzene rings is 1.